The van der Waals surface area contributed by atoms with Crippen LogP contribution in [0.15, 0.2) is 0 Å². The SMILES string of the molecule is CCCNc1nc(C(C)C)nc(OCCOC)c1C. The predicted molar refractivity (Wildman–Crippen MR) is 77.0 cm³/mol. The molecule has 0 amide bonds. The number of nitrogens with one attached hydrogen (secondary N) is 1. The summed E-state index contributed by atoms with van der Waals surface area (Å²) in [6.45, 7) is 10.2. The maximum Gasteiger partial charge on any atom is 0.221 e. The van der Waals surface area contributed by atoms with Crippen molar-refractivity contribution in [3.05, 3.63) is 11.4 Å². The molecule has 0 aliphatic carbocycles. The van der Waals surface area contributed by atoms with Crippen LogP contribution in [-0.2, 0) is 4.74 Å². The standard InChI is InChI=1S/C14H25N3O2/c1-6-7-15-13-11(4)14(19-9-8-18-5)17-12(16-13)10(2)3/h10H,6-9H2,1-5H3,(H,15,16,17). The van der Waals surface area contributed by atoms with E-state index in [1.807, 2.05) is 6.92 Å². The number of hydrogen-bond donors (Lipinski definition) is 1. The van der Waals surface area contributed by atoms with Crippen LogP contribution in [0.1, 0.15) is 44.5 Å². The molecule has 0 bridgehead atoms. The molecule has 0 unspecified atom stereocenters. The molecular weight excluding hydrogens is 242 g/mol. The van der Waals surface area contributed by atoms with Gasteiger partial charge in [0.15, 0.2) is 0 Å². The Bertz CT molecular complexity index is 395. The maximum absolute atomic E-state index is 5.67. The van der Waals surface area contributed by atoms with E-state index >= 15 is 0 Å². The third-order valence-electron chi connectivity index (χ3n) is 2.70. The lowest BCUT2D eigenvalue weighted by Crippen LogP contribution is -2.12. The molecule has 0 aromatic carbocycles. The van der Waals surface area contributed by atoms with E-state index in [4.69, 9.17) is 9.47 Å². The van der Waals surface area contributed by atoms with Crippen LogP contribution in [0.2, 0.25) is 0 Å². The van der Waals surface area contributed by atoms with Gasteiger partial charge >= 0.3 is 0 Å². The monoisotopic (exact) mass is 267 g/mol. The first-order valence-corrected chi connectivity index (χ1v) is 6.84. The lowest BCUT2D eigenvalue weighted by molar-refractivity contribution is 0.143. The summed E-state index contributed by atoms with van der Waals surface area (Å²) in [4.78, 5) is 9.05. The molecule has 0 saturated heterocycles. The zero-order valence-electron chi connectivity index (χ0n) is 12.6. The van der Waals surface area contributed by atoms with E-state index in [0.717, 1.165) is 30.2 Å². The molecule has 0 atom stereocenters. The fourth-order valence-corrected chi connectivity index (χ4v) is 1.55. The molecule has 19 heavy (non-hydrogen) atoms. The van der Waals surface area contributed by atoms with Crippen LogP contribution in [0, 0.1) is 6.92 Å². The molecule has 1 N–H and O–H groups in total. The van der Waals surface area contributed by atoms with Crippen LogP contribution < -0.4 is 10.1 Å². The van der Waals surface area contributed by atoms with Gasteiger partial charge in [-0.05, 0) is 13.3 Å². The van der Waals surface area contributed by atoms with Crippen LogP contribution in [-0.4, -0.2) is 36.8 Å². The quantitative estimate of drug-likeness (QED) is 0.734. The smallest absolute Gasteiger partial charge is 0.221 e. The highest BCUT2D eigenvalue weighted by Crippen LogP contribution is 2.24. The fourth-order valence-electron chi connectivity index (χ4n) is 1.55. The maximum atomic E-state index is 5.67. The molecule has 0 saturated carbocycles. The normalized spacial score (nSPS) is 10.8. The first-order chi connectivity index (χ1) is 9.10. The van der Waals surface area contributed by atoms with Crippen molar-refractivity contribution in [2.45, 2.75) is 40.0 Å². The number of methoxy groups -OCH3 is 1. The van der Waals surface area contributed by atoms with Crippen molar-refractivity contribution < 1.29 is 9.47 Å². The highest BCUT2D eigenvalue weighted by Gasteiger charge is 2.13. The van der Waals surface area contributed by atoms with Gasteiger partial charge in [0, 0.05) is 19.6 Å². The Morgan fingerprint density at radius 2 is 1.95 bits per heavy atom. The van der Waals surface area contributed by atoms with Gasteiger partial charge in [0.1, 0.15) is 18.2 Å². The summed E-state index contributed by atoms with van der Waals surface area (Å²) in [5.41, 5.74) is 0.953. The second-order valence-electron chi connectivity index (χ2n) is 4.78. The summed E-state index contributed by atoms with van der Waals surface area (Å²) in [5, 5.41) is 3.33. The number of nitrogens with zero attached hydrogens (tertiary/aromatic N) is 2. The highest BCUT2D eigenvalue weighted by atomic mass is 16.5. The van der Waals surface area contributed by atoms with Gasteiger partial charge in [0.05, 0.1) is 12.2 Å². The first kappa shape index (κ1) is 15.7. The van der Waals surface area contributed by atoms with Crippen molar-refractivity contribution in [1.82, 2.24) is 9.97 Å². The average Bonchev–Trinajstić information content (AvgIpc) is 2.39. The minimum atomic E-state index is 0.271. The van der Waals surface area contributed by atoms with E-state index in [2.05, 4.69) is 36.1 Å². The number of anilines is 1. The lowest BCUT2D eigenvalue weighted by atomic mass is 10.2. The molecule has 1 heterocycles. The topological polar surface area (TPSA) is 56.3 Å². The molecule has 0 aliphatic rings. The van der Waals surface area contributed by atoms with Gasteiger partial charge in [-0.1, -0.05) is 20.8 Å². The first-order valence-electron chi connectivity index (χ1n) is 6.84. The summed E-state index contributed by atoms with van der Waals surface area (Å²) in [6, 6.07) is 0. The molecule has 0 radical (unpaired) electrons. The van der Waals surface area contributed by atoms with E-state index in [0.29, 0.717) is 19.1 Å². The Labute approximate surface area is 115 Å². The Kier molecular flexibility index (Phi) is 6.56. The van der Waals surface area contributed by atoms with Gasteiger partial charge in [-0.15, -0.1) is 0 Å². The Morgan fingerprint density at radius 3 is 2.53 bits per heavy atom. The van der Waals surface area contributed by atoms with Gasteiger partial charge in [0.2, 0.25) is 5.88 Å². The van der Waals surface area contributed by atoms with Gasteiger partial charge in [-0.25, -0.2) is 4.98 Å². The second kappa shape index (κ2) is 7.94. The lowest BCUT2D eigenvalue weighted by Gasteiger charge is -2.15. The molecule has 108 valence electrons. The van der Waals surface area contributed by atoms with E-state index < -0.39 is 0 Å². The summed E-state index contributed by atoms with van der Waals surface area (Å²) in [5.74, 6) is 2.59. The number of aromatic nitrogens is 2. The van der Waals surface area contributed by atoms with Crippen LogP contribution >= 0.6 is 0 Å². The fraction of sp³-hybridized carbons (Fsp3) is 0.714. The van der Waals surface area contributed by atoms with E-state index in [1.165, 1.54) is 0 Å². The molecule has 5 nitrogen and oxygen atoms in total. The van der Waals surface area contributed by atoms with Gasteiger partial charge in [-0.3, -0.25) is 0 Å². The van der Waals surface area contributed by atoms with Crippen LogP contribution in [0.4, 0.5) is 5.82 Å². The highest BCUT2D eigenvalue weighted by molar-refractivity contribution is 5.48. The zero-order valence-corrected chi connectivity index (χ0v) is 12.6. The Morgan fingerprint density at radius 1 is 1.21 bits per heavy atom. The van der Waals surface area contributed by atoms with Gasteiger partial charge < -0.3 is 14.8 Å². The summed E-state index contributed by atoms with van der Waals surface area (Å²) < 4.78 is 10.7. The minimum Gasteiger partial charge on any atom is -0.475 e. The van der Waals surface area contributed by atoms with Crippen molar-refractivity contribution in [1.29, 1.82) is 0 Å². The average molecular weight is 267 g/mol. The summed E-state index contributed by atoms with van der Waals surface area (Å²) >= 11 is 0. The van der Waals surface area contributed by atoms with Crippen LogP contribution in [0.25, 0.3) is 0 Å². The number of ether oxygens (including phenoxy) is 2. The Hall–Kier alpha value is -1.36. The van der Waals surface area contributed by atoms with Gasteiger partial charge in [-0.2, -0.15) is 4.98 Å². The summed E-state index contributed by atoms with van der Waals surface area (Å²) in [7, 11) is 1.66. The predicted octanol–water partition coefficient (Wildman–Crippen LogP) is 2.76. The molecule has 0 aliphatic heterocycles. The van der Waals surface area contributed by atoms with E-state index in [9.17, 15) is 0 Å². The minimum absolute atomic E-state index is 0.271. The molecule has 5 heteroatoms. The third kappa shape index (κ3) is 4.67. The van der Waals surface area contributed by atoms with Crippen molar-refractivity contribution >= 4 is 5.82 Å². The molecule has 1 aromatic rings. The molecule has 1 rings (SSSR count). The van der Waals surface area contributed by atoms with E-state index in [-0.39, 0.29) is 5.92 Å². The molecular formula is C14H25N3O2. The summed E-state index contributed by atoms with van der Waals surface area (Å²) in [6.07, 6.45) is 1.06. The van der Waals surface area contributed by atoms with Crippen molar-refractivity contribution in [3.63, 3.8) is 0 Å². The zero-order chi connectivity index (χ0) is 14.3. The van der Waals surface area contributed by atoms with Crippen LogP contribution in [0.3, 0.4) is 0 Å². The van der Waals surface area contributed by atoms with Crippen molar-refractivity contribution in [3.8, 4) is 5.88 Å². The van der Waals surface area contributed by atoms with Crippen LogP contribution in [0.5, 0.6) is 5.88 Å². The molecule has 0 spiro atoms. The largest absolute Gasteiger partial charge is 0.475 e. The molecule has 0 fully saturated rings. The van der Waals surface area contributed by atoms with E-state index in [1.54, 1.807) is 7.11 Å². The number of hydrogen-bond acceptors (Lipinski definition) is 5. The Balaban J connectivity index is 2.95. The number of rotatable bonds is 8. The second-order valence-corrected chi connectivity index (χ2v) is 4.78. The van der Waals surface area contributed by atoms with Gasteiger partial charge in [0.25, 0.3) is 0 Å². The molecule has 1 aromatic heterocycles. The van der Waals surface area contributed by atoms with Crippen molar-refractivity contribution in [2.75, 3.05) is 32.2 Å². The third-order valence-corrected chi connectivity index (χ3v) is 2.70. The van der Waals surface area contributed by atoms with Crippen molar-refractivity contribution in [2.24, 2.45) is 0 Å².